The first-order valence-corrected chi connectivity index (χ1v) is 28.0. The van der Waals surface area contributed by atoms with E-state index in [1.807, 2.05) is 0 Å². The van der Waals surface area contributed by atoms with E-state index >= 15 is 0 Å². The van der Waals surface area contributed by atoms with Gasteiger partial charge < -0.3 is 20.1 Å². The SMILES string of the molecule is CCCCCCC/C=C\C/C=C\C/C=C\CCCCCCCCCCCCCOCC(COP(=O)(O)OCCN)OC(=O)CCCCCCCCCCCCCCCCCCC. The summed E-state index contributed by atoms with van der Waals surface area (Å²) in [4.78, 5) is 22.6. The van der Waals surface area contributed by atoms with Crippen molar-refractivity contribution >= 4 is 13.8 Å². The Bertz CT molecular complexity index is 1050. The smallest absolute Gasteiger partial charge is 0.457 e. The molecule has 8 nitrogen and oxygen atoms in total. The molecule has 366 valence electrons. The van der Waals surface area contributed by atoms with Gasteiger partial charge in [-0.1, -0.05) is 237 Å². The summed E-state index contributed by atoms with van der Waals surface area (Å²) < 4.78 is 33.6. The zero-order valence-corrected chi connectivity index (χ0v) is 41.8. The highest BCUT2D eigenvalue weighted by Crippen LogP contribution is 2.43. The van der Waals surface area contributed by atoms with Gasteiger partial charge in [-0.3, -0.25) is 13.8 Å². The second-order valence-corrected chi connectivity index (χ2v) is 19.2. The molecule has 0 saturated carbocycles. The standard InChI is InChI=1S/C53H102NO7P/c1-3-5-7-9-11-13-15-17-19-21-22-23-24-25-26-27-28-29-31-33-35-37-39-41-43-45-48-58-50-52(51-60-62(56,57)59-49-47-54)61-53(55)46-44-42-40-38-36-34-32-30-20-18-16-14-12-10-8-6-4-2/h15,17,21-22,24-25,52H,3-14,16,18-20,23,26-51,54H2,1-2H3,(H,56,57)/b17-15-,22-21-,25-24-. The third kappa shape index (κ3) is 49.7. The fourth-order valence-corrected chi connectivity index (χ4v) is 8.42. The maximum absolute atomic E-state index is 12.6. The summed E-state index contributed by atoms with van der Waals surface area (Å²) in [7, 11) is -4.28. The number of ether oxygens (including phenoxy) is 2. The van der Waals surface area contributed by atoms with Gasteiger partial charge in [-0.15, -0.1) is 0 Å². The van der Waals surface area contributed by atoms with Crippen LogP contribution in [0.3, 0.4) is 0 Å². The van der Waals surface area contributed by atoms with E-state index in [0.29, 0.717) is 13.0 Å². The summed E-state index contributed by atoms with van der Waals surface area (Å²) in [6.45, 7) is 4.95. The van der Waals surface area contributed by atoms with Crippen molar-refractivity contribution in [3.63, 3.8) is 0 Å². The van der Waals surface area contributed by atoms with E-state index in [-0.39, 0.29) is 32.3 Å². The topological polar surface area (TPSA) is 117 Å². The van der Waals surface area contributed by atoms with Gasteiger partial charge in [-0.25, -0.2) is 4.57 Å². The highest BCUT2D eigenvalue weighted by atomic mass is 31.2. The number of carbonyl (C=O) groups excluding carboxylic acids is 1. The lowest BCUT2D eigenvalue weighted by atomic mass is 10.0. The van der Waals surface area contributed by atoms with Crippen LogP contribution in [0.5, 0.6) is 0 Å². The van der Waals surface area contributed by atoms with Gasteiger partial charge in [-0.2, -0.15) is 0 Å². The van der Waals surface area contributed by atoms with Crippen molar-refractivity contribution in [2.45, 2.75) is 264 Å². The summed E-state index contributed by atoms with van der Waals surface area (Å²) in [5.74, 6) is -0.326. The van der Waals surface area contributed by atoms with E-state index in [1.165, 1.54) is 193 Å². The van der Waals surface area contributed by atoms with Crippen molar-refractivity contribution in [2.75, 3.05) is 33.0 Å². The van der Waals surface area contributed by atoms with Crippen LogP contribution in [0.1, 0.15) is 258 Å². The molecule has 0 aliphatic rings. The summed E-state index contributed by atoms with van der Waals surface area (Å²) in [6.07, 6.45) is 60.4. The molecule has 62 heavy (non-hydrogen) atoms. The van der Waals surface area contributed by atoms with Crippen molar-refractivity contribution in [1.82, 2.24) is 0 Å². The highest BCUT2D eigenvalue weighted by molar-refractivity contribution is 7.47. The van der Waals surface area contributed by atoms with Gasteiger partial charge in [0.25, 0.3) is 0 Å². The average Bonchev–Trinajstić information content (AvgIpc) is 3.26. The third-order valence-corrected chi connectivity index (χ3v) is 12.5. The molecule has 0 bridgehead atoms. The molecule has 2 atom stereocenters. The summed E-state index contributed by atoms with van der Waals surface area (Å²) in [6, 6.07) is 0. The second kappa shape index (κ2) is 50.7. The van der Waals surface area contributed by atoms with Crippen LogP contribution in [0.15, 0.2) is 36.5 Å². The monoisotopic (exact) mass is 896 g/mol. The number of rotatable bonds is 51. The first-order chi connectivity index (χ1) is 30.4. The minimum absolute atomic E-state index is 0.0944. The van der Waals surface area contributed by atoms with Gasteiger partial charge in [0.05, 0.1) is 19.8 Å². The van der Waals surface area contributed by atoms with E-state index in [1.54, 1.807) is 0 Å². The molecule has 0 aliphatic carbocycles. The Morgan fingerprint density at radius 2 is 0.855 bits per heavy atom. The summed E-state index contributed by atoms with van der Waals surface area (Å²) >= 11 is 0. The lowest BCUT2D eigenvalue weighted by Gasteiger charge is -2.20. The largest absolute Gasteiger partial charge is 0.472 e. The fourth-order valence-electron chi connectivity index (χ4n) is 7.65. The van der Waals surface area contributed by atoms with Crippen molar-refractivity contribution < 1.29 is 32.8 Å². The molecule has 0 aromatic rings. The predicted molar refractivity (Wildman–Crippen MR) is 266 cm³/mol. The molecular formula is C53H102NO7P. The lowest BCUT2D eigenvalue weighted by Crippen LogP contribution is -2.28. The van der Waals surface area contributed by atoms with E-state index in [9.17, 15) is 14.3 Å². The molecule has 0 aliphatic heterocycles. The van der Waals surface area contributed by atoms with E-state index in [0.717, 1.165) is 44.9 Å². The van der Waals surface area contributed by atoms with Gasteiger partial charge in [0, 0.05) is 19.6 Å². The normalized spacial score (nSPS) is 13.5. The number of allylic oxidation sites excluding steroid dienone is 6. The zero-order valence-electron chi connectivity index (χ0n) is 40.9. The first-order valence-electron chi connectivity index (χ1n) is 26.5. The number of hydrogen-bond acceptors (Lipinski definition) is 7. The van der Waals surface area contributed by atoms with Gasteiger partial charge in [0.2, 0.25) is 0 Å². The van der Waals surface area contributed by atoms with Gasteiger partial charge in [0.15, 0.2) is 0 Å². The molecule has 0 fully saturated rings. The van der Waals surface area contributed by atoms with Crippen molar-refractivity contribution in [1.29, 1.82) is 0 Å². The Morgan fingerprint density at radius 3 is 1.27 bits per heavy atom. The van der Waals surface area contributed by atoms with Crippen LogP contribution < -0.4 is 5.73 Å². The molecule has 0 heterocycles. The number of unbranched alkanes of at least 4 members (excludes halogenated alkanes) is 32. The van der Waals surface area contributed by atoms with Crippen LogP contribution in [0, 0.1) is 0 Å². The Labute approximate surface area is 384 Å². The molecule has 0 radical (unpaired) electrons. The molecule has 0 saturated heterocycles. The Morgan fingerprint density at radius 1 is 0.484 bits per heavy atom. The Balaban J connectivity index is 3.89. The summed E-state index contributed by atoms with van der Waals surface area (Å²) in [5.41, 5.74) is 5.39. The van der Waals surface area contributed by atoms with E-state index in [4.69, 9.17) is 24.3 Å². The molecule has 0 aromatic heterocycles. The van der Waals surface area contributed by atoms with Crippen LogP contribution in [-0.4, -0.2) is 49.9 Å². The lowest BCUT2D eigenvalue weighted by molar-refractivity contribution is -0.154. The molecule has 2 unspecified atom stereocenters. The van der Waals surface area contributed by atoms with Crippen molar-refractivity contribution in [3.8, 4) is 0 Å². The summed E-state index contributed by atoms with van der Waals surface area (Å²) in [5, 5.41) is 0. The van der Waals surface area contributed by atoms with Gasteiger partial charge >= 0.3 is 13.8 Å². The minimum atomic E-state index is -4.28. The van der Waals surface area contributed by atoms with Crippen LogP contribution in [0.2, 0.25) is 0 Å². The maximum Gasteiger partial charge on any atom is 0.472 e. The van der Waals surface area contributed by atoms with Crippen LogP contribution in [0.25, 0.3) is 0 Å². The molecule has 0 aromatic carbocycles. The number of phosphoric acid groups is 1. The second-order valence-electron chi connectivity index (χ2n) is 17.7. The van der Waals surface area contributed by atoms with Crippen molar-refractivity contribution in [3.05, 3.63) is 36.5 Å². The van der Waals surface area contributed by atoms with E-state index < -0.39 is 13.9 Å². The zero-order chi connectivity index (χ0) is 45.1. The molecule has 0 rings (SSSR count). The number of nitrogens with two attached hydrogens (primary N) is 1. The molecule has 3 N–H and O–H groups in total. The molecule has 0 amide bonds. The van der Waals surface area contributed by atoms with Crippen LogP contribution in [0.4, 0.5) is 0 Å². The predicted octanol–water partition coefficient (Wildman–Crippen LogP) is 16.5. The Hall–Kier alpha value is -1.28. The number of hydrogen-bond donors (Lipinski definition) is 2. The van der Waals surface area contributed by atoms with Gasteiger partial charge in [0.1, 0.15) is 6.10 Å². The number of carbonyl (C=O) groups is 1. The third-order valence-electron chi connectivity index (χ3n) is 11.6. The molecule has 0 spiro atoms. The molecular weight excluding hydrogens is 794 g/mol. The van der Waals surface area contributed by atoms with Crippen LogP contribution >= 0.6 is 7.82 Å². The molecule has 9 heteroatoms. The Kier molecular flexibility index (Phi) is 49.7. The fraction of sp³-hybridized carbons (Fsp3) is 0.868. The first kappa shape index (κ1) is 60.7. The minimum Gasteiger partial charge on any atom is -0.457 e. The number of esters is 1. The van der Waals surface area contributed by atoms with Crippen molar-refractivity contribution in [2.24, 2.45) is 5.73 Å². The van der Waals surface area contributed by atoms with Gasteiger partial charge in [-0.05, 0) is 51.4 Å². The van der Waals surface area contributed by atoms with E-state index in [2.05, 4.69) is 50.3 Å². The maximum atomic E-state index is 12.6. The highest BCUT2D eigenvalue weighted by Gasteiger charge is 2.25. The average molecular weight is 896 g/mol. The van der Waals surface area contributed by atoms with Crippen LogP contribution in [-0.2, 0) is 27.9 Å². The quantitative estimate of drug-likeness (QED) is 0.0268. The number of phosphoric ester groups is 1.